The number of amides is 5. The van der Waals surface area contributed by atoms with Gasteiger partial charge in [-0.25, -0.2) is 14.6 Å². The van der Waals surface area contributed by atoms with Gasteiger partial charge in [0.25, 0.3) is 0 Å². The zero-order chi connectivity index (χ0) is 33.0. The number of benzene rings is 2. The lowest BCUT2D eigenvalue weighted by molar-refractivity contribution is -0.157. The van der Waals surface area contributed by atoms with E-state index in [-0.39, 0.29) is 18.9 Å². The molecule has 11 heteroatoms. The summed E-state index contributed by atoms with van der Waals surface area (Å²) in [4.78, 5) is 61.5. The Labute approximate surface area is 269 Å². The summed E-state index contributed by atoms with van der Waals surface area (Å²) in [5, 5.41) is 0. The summed E-state index contributed by atoms with van der Waals surface area (Å²) < 4.78 is 10.9. The normalized spacial score (nSPS) is 19.7. The van der Waals surface area contributed by atoms with E-state index in [0.29, 0.717) is 30.2 Å². The van der Waals surface area contributed by atoms with Gasteiger partial charge in [-0.2, -0.15) is 0 Å². The molecule has 11 nitrogen and oxygen atoms in total. The third-order valence-corrected chi connectivity index (χ3v) is 8.33. The Morgan fingerprint density at radius 2 is 1.74 bits per heavy atom. The number of primary amides is 1. The summed E-state index contributed by atoms with van der Waals surface area (Å²) in [5.74, 6) is -0.846. The van der Waals surface area contributed by atoms with E-state index in [2.05, 4.69) is 4.98 Å². The van der Waals surface area contributed by atoms with Gasteiger partial charge in [0.2, 0.25) is 11.8 Å². The number of carbonyl (C=O) groups excluding carboxylic acids is 4. The first-order valence-corrected chi connectivity index (χ1v) is 15.5. The Balaban J connectivity index is 1.33. The zero-order valence-electron chi connectivity index (χ0n) is 26.7. The minimum absolute atomic E-state index is 0.142. The van der Waals surface area contributed by atoms with Gasteiger partial charge in [-0.1, -0.05) is 42.5 Å². The van der Waals surface area contributed by atoms with Crippen molar-refractivity contribution in [1.29, 1.82) is 0 Å². The van der Waals surface area contributed by atoms with Crippen molar-refractivity contribution in [3.05, 3.63) is 89.6 Å². The molecule has 5 rings (SSSR count). The summed E-state index contributed by atoms with van der Waals surface area (Å²) in [5.41, 5.74) is 7.65. The van der Waals surface area contributed by atoms with Gasteiger partial charge in [-0.05, 0) is 81.0 Å². The maximum atomic E-state index is 13.6. The third kappa shape index (κ3) is 7.30. The van der Waals surface area contributed by atoms with Crippen LogP contribution in [0.3, 0.4) is 0 Å². The van der Waals surface area contributed by atoms with Crippen molar-refractivity contribution >= 4 is 29.8 Å². The summed E-state index contributed by atoms with van der Waals surface area (Å²) in [6.45, 7) is 6.49. The molecule has 2 saturated heterocycles. The largest absolute Gasteiger partial charge is 0.497 e. The number of piperidine rings is 1. The van der Waals surface area contributed by atoms with Crippen LogP contribution in [0.4, 0.5) is 15.4 Å². The first kappa shape index (κ1) is 32.5. The Bertz CT molecular complexity index is 1570. The second-order valence-electron chi connectivity index (χ2n) is 12.8. The number of ether oxygens (including phenoxy) is 2. The van der Waals surface area contributed by atoms with Crippen LogP contribution in [0, 0.1) is 5.92 Å². The van der Waals surface area contributed by atoms with Crippen LogP contribution >= 0.6 is 0 Å². The Hall–Kier alpha value is -4.93. The monoisotopic (exact) mass is 627 g/mol. The number of likely N-dealkylation sites (tertiary alicyclic amines) is 2. The van der Waals surface area contributed by atoms with Crippen LogP contribution in [0.2, 0.25) is 0 Å². The highest BCUT2D eigenvalue weighted by atomic mass is 16.6. The van der Waals surface area contributed by atoms with Crippen molar-refractivity contribution in [2.45, 2.75) is 64.1 Å². The van der Waals surface area contributed by atoms with Crippen LogP contribution in [-0.2, 0) is 27.3 Å². The summed E-state index contributed by atoms with van der Waals surface area (Å²) in [6.07, 6.45) is 2.83. The minimum Gasteiger partial charge on any atom is -0.497 e. The second kappa shape index (κ2) is 13.6. The van der Waals surface area contributed by atoms with Gasteiger partial charge in [-0.3, -0.25) is 19.4 Å². The molecule has 2 fully saturated rings. The Morgan fingerprint density at radius 3 is 2.39 bits per heavy atom. The number of nitrogens with two attached hydrogens (primary N) is 1. The third-order valence-electron chi connectivity index (χ3n) is 8.33. The predicted octanol–water partition coefficient (Wildman–Crippen LogP) is 4.89. The number of nitrogens with zero attached hydrogens (tertiary/aromatic N) is 4. The van der Waals surface area contributed by atoms with E-state index in [4.69, 9.17) is 15.2 Å². The molecule has 0 aliphatic carbocycles. The van der Waals surface area contributed by atoms with Gasteiger partial charge in [-0.15, -0.1) is 0 Å². The fourth-order valence-corrected chi connectivity index (χ4v) is 6.05. The SMILES string of the molecule is COc1ccc(CN(C(=O)OC(C)(C)C)c2cc(C[C@H]3C(=O)N(C(=O)N4CCCC(c5ccccc5)C4)[C@@H]3C(N)=O)ccn2)cc1. The molecule has 242 valence electrons. The molecular formula is C35H41N5O6. The van der Waals surface area contributed by atoms with Crippen LogP contribution < -0.4 is 15.4 Å². The first-order chi connectivity index (χ1) is 21.9. The number of methoxy groups -OCH3 is 1. The number of hydrogen-bond donors (Lipinski definition) is 1. The van der Waals surface area contributed by atoms with E-state index in [9.17, 15) is 19.2 Å². The lowest BCUT2D eigenvalue weighted by atomic mass is 9.82. The highest BCUT2D eigenvalue weighted by Crippen LogP contribution is 2.34. The molecule has 2 aliphatic rings. The summed E-state index contributed by atoms with van der Waals surface area (Å²) in [6, 6.07) is 19.1. The van der Waals surface area contributed by atoms with Gasteiger partial charge in [0.15, 0.2) is 0 Å². The Morgan fingerprint density at radius 1 is 1.02 bits per heavy atom. The number of aromatic nitrogens is 1. The fourth-order valence-electron chi connectivity index (χ4n) is 6.05. The van der Waals surface area contributed by atoms with Crippen LogP contribution in [0.15, 0.2) is 72.9 Å². The van der Waals surface area contributed by atoms with E-state index in [0.717, 1.165) is 28.9 Å². The van der Waals surface area contributed by atoms with E-state index in [1.165, 1.54) is 4.90 Å². The smallest absolute Gasteiger partial charge is 0.416 e. The number of rotatable bonds is 8. The quantitative estimate of drug-likeness (QED) is 0.352. The molecule has 2 aliphatic heterocycles. The highest BCUT2D eigenvalue weighted by Gasteiger charge is 2.54. The maximum absolute atomic E-state index is 13.6. The van der Waals surface area contributed by atoms with E-state index in [1.807, 2.05) is 42.5 Å². The number of pyridine rings is 1. The molecule has 1 aromatic heterocycles. The minimum atomic E-state index is -1.07. The van der Waals surface area contributed by atoms with Crippen LogP contribution in [-0.4, -0.2) is 70.6 Å². The van der Waals surface area contributed by atoms with Crippen molar-refractivity contribution < 1.29 is 28.7 Å². The van der Waals surface area contributed by atoms with Crippen molar-refractivity contribution in [3.8, 4) is 5.75 Å². The lowest BCUT2D eigenvalue weighted by Gasteiger charge is -2.46. The number of anilines is 1. The molecule has 0 bridgehead atoms. The molecule has 3 heterocycles. The predicted molar refractivity (Wildman–Crippen MR) is 172 cm³/mol. The second-order valence-corrected chi connectivity index (χ2v) is 12.8. The molecular weight excluding hydrogens is 586 g/mol. The highest BCUT2D eigenvalue weighted by molar-refractivity contribution is 6.08. The van der Waals surface area contributed by atoms with Crippen molar-refractivity contribution in [1.82, 2.24) is 14.8 Å². The lowest BCUT2D eigenvalue weighted by Crippen LogP contribution is -2.70. The van der Waals surface area contributed by atoms with Crippen molar-refractivity contribution in [3.63, 3.8) is 0 Å². The molecule has 3 aromatic rings. The van der Waals surface area contributed by atoms with Gasteiger partial charge in [0.05, 0.1) is 19.6 Å². The number of β-lactam (4-membered cyclic amide) rings is 1. The molecule has 1 unspecified atom stereocenters. The average molecular weight is 628 g/mol. The summed E-state index contributed by atoms with van der Waals surface area (Å²) in [7, 11) is 1.58. The van der Waals surface area contributed by atoms with E-state index < -0.39 is 41.5 Å². The fraction of sp³-hybridized carbons (Fsp3) is 0.400. The number of imide groups is 1. The molecule has 46 heavy (non-hydrogen) atoms. The number of urea groups is 1. The van der Waals surface area contributed by atoms with Gasteiger partial charge in [0.1, 0.15) is 23.2 Å². The molecule has 2 aromatic carbocycles. The topological polar surface area (TPSA) is 135 Å². The number of hydrogen-bond acceptors (Lipinski definition) is 7. The molecule has 3 atom stereocenters. The maximum Gasteiger partial charge on any atom is 0.416 e. The van der Waals surface area contributed by atoms with Gasteiger partial charge >= 0.3 is 12.1 Å². The first-order valence-electron chi connectivity index (χ1n) is 15.5. The van der Waals surface area contributed by atoms with Gasteiger partial charge < -0.3 is 20.1 Å². The molecule has 0 radical (unpaired) electrons. The van der Waals surface area contributed by atoms with Crippen molar-refractivity contribution in [2.75, 3.05) is 25.1 Å². The molecule has 2 N–H and O–H groups in total. The number of carbonyl (C=O) groups is 4. The van der Waals surface area contributed by atoms with Gasteiger partial charge in [0, 0.05) is 25.2 Å². The van der Waals surface area contributed by atoms with Crippen LogP contribution in [0.5, 0.6) is 5.75 Å². The van der Waals surface area contributed by atoms with Crippen LogP contribution in [0.25, 0.3) is 0 Å². The summed E-state index contributed by atoms with van der Waals surface area (Å²) >= 11 is 0. The molecule has 0 spiro atoms. The average Bonchev–Trinajstić information content (AvgIpc) is 3.04. The van der Waals surface area contributed by atoms with E-state index in [1.54, 1.807) is 63.2 Å². The Kier molecular flexibility index (Phi) is 9.60. The molecule has 5 amide bonds. The van der Waals surface area contributed by atoms with Crippen molar-refractivity contribution in [2.24, 2.45) is 11.7 Å². The van der Waals surface area contributed by atoms with E-state index >= 15 is 0 Å². The standard InChI is InChI=1S/C35H41N5O6/c1-35(2,3)46-34(44)39(21-23-12-14-27(45-4)15-13-23)29-20-24(16-17-37-29)19-28-30(31(36)41)40(32(28)42)33(43)38-18-8-11-26(22-38)25-9-6-5-7-10-25/h5-7,9-10,12-17,20,26,28,30H,8,11,18-19,21-22H2,1-4H3,(H2,36,41)/t26?,28-,30+/m1/s1. The van der Waals surface area contributed by atoms with Crippen LogP contribution in [0.1, 0.15) is 56.2 Å². The zero-order valence-corrected chi connectivity index (χ0v) is 26.7. The molecule has 0 saturated carbocycles.